The highest BCUT2D eigenvalue weighted by Gasteiger charge is 2.23. The van der Waals surface area contributed by atoms with Crippen LogP contribution < -0.4 is 16.0 Å². The van der Waals surface area contributed by atoms with E-state index < -0.39 is 10.0 Å². The Morgan fingerprint density at radius 3 is 2.30 bits per heavy atom. The Bertz CT molecular complexity index is 1080. The van der Waals surface area contributed by atoms with Crippen LogP contribution in [0.25, 0.3) is 0 Å². The maximum atomic E-state index is 12.7. The molecule has 33 heavy (non-hydrogen) atoms. The number of carbonyl (C=O) groups is 2. The highest BCUT2D eigenvalue weighted by Crippen LogP contribution is 2.21. The third-order valence-corrected chi connectivity index (χ3v) is 7.90. The predicted octanol–water partition coefficient (Wildman–Crippen LogP) is 3.44. The number of para-hydroxylation sites is 1. The van der Waals surface area contributed by atoms with Gasteiger partial charge >= 0.3 is 0 Å². The number of sulfonamides is 1. The summed E-state index contributed by atoms with van der Waals surface area (Å²) in [6, 6.07) is 13.2. The van der Waals surface area contributed by atoms with Crippen LogP contribution in [0.2, 0.25) is 0 Å². The number of hydrogen-bond donors (Lipinski definition) is 3. The van der Waals surface area contributed by atoms with E-state index in [9.17, 15) is 18.0 Å². The summed E-state index contributed by atoms with van der Waals surface area (Å²) in [5.74, 6) is -0.499. The molecule has 9 heteroatoms. The van der Waals surface area contributed by atoms with E-state index in [1.807, 2.05) is 13.8 Å². The zero-order valence-corrected chi connectivity index (χ0v) is 20.1. The molecule has 178 valence electrons. The van der Waals surface area contributed by atoms with Crippen molar-refractivity contribution in [1.29, 1.82) is 0 Å². The molecule has 0 unspecified atom stereocenters. The first kappa shape index (κ1) is 24.7. The van der Waals surface area contributed by atoms with E-state index in [0.717, 1.165) is 25.7 Å². The van der Waals surface area contributed by atoms with Crippen LogP contribution in [0.3, 0.4) is 0 Å². The molecular weight excluding hydrogens is 440 g/mol. The molecule has 0 bridgehead atoms. The second kappa shape index (κ2) is 10.8. The van der Waals surface area contributed by atoms with Crippen molar-refractivity contribution in [3.63, 3.8) is 0 Å². The smallest absolute Gasteiger partial charge is 0.253 e. The zero-order chi connectivity index (χ0) is 24.0. The van der Waals surface area contributed by atoms with Crippen LogP contribution in [0.4, 0.5) is 11.4 Å². The van der Waals surface area contributed by atoms with Gasteiger partial charge in [0.15, 0.2) is 0 Å². The number of nitrogens with zero attached hydrogens (tertiary/aromatic N) is 1. The van der Waals surface area contributed by atoms with E-state index in [1.165, 1.54) is 16.4 Å². The molecule has 0 radical (unpaired) electrons. The number of benzene rings is 2. The number of anilines is 2. The van der Waals surface area contributed by atoms with E-state index in [-0.39, 0.29) is 35.3 Å². The van der Waals surface area contributed by atoms with Crippen molar-refractivity contribution in [1.82, 2.24) is 9.62 Å². The van der Waals surface area contributed by atoms with Gasteiger partial charge in [-0.2, -0.15) is 4.31 Å². The van der Waals surface area contributed by atoms with E-state index in [4.69, 9.17) is 0 Å². The quantitative estimate of drug-likeness (QED) is 0.518. The molecule has 8 nitrogen and oxygen atoms in total. The topological polar surface area (TPSA) is 108 Å². The van der Waals surface area contributed by atoms with Crippen molar-refractivity contribution in [2.24, 2.45) is 0 Å². The van der Waals surface area contributed by atoms with Crippen LogP contribution in [-0.4, -0.2) is 50.2 Å². The Kier molecular flexibility index (Phi) is 8.10. The Morgan fingerprint density at radius 2 is 1.67 bits per heavy atom. The molecule has 0 atom stereocenters. The minimum atomic E-state index is -3.56. The van der Waals surface area contributed by atoms with Crippen LogP contribution in [0.1, 0.15) is 49.9 Å². The van der Waals surface area contributed by atoms with Crippen LogP contribution in [0, 0.1) is 0 Å². The van der Waals surface area contributed by atoms with Gasteiger partial charge in [-0.05, 0) is 63.1 Å². The lowest BCUT2D eigenvalue weighted by molar-refractivity contribution is -0.114. The minimum Gasteiger partial charge on any atom is -0.376 e. The molecule has 1 aliphatic carbocycles. The van der Waals surface area contributed by atoms with E-state index in [1.54, 1.807) is 43.4 Å². The van der Waals surface area contributed by atoms with Crippen LogP contribution in [0.15, 0.2) is 53.4 Å². The van der Waals surface area contributed by atoms with E-state index in [2.05, 4.69) is 16.0 Å². The fourth-order valence-corrected chi connectivity index (χ4v) is 5.06. The molecule has 1 aliphatic rings. The van der Waals surface area contributed by atoms with Crippen molar-refractivity contribution >= 4 is 33.2 Å². The fourth-order valence-electron chi connectivity index (χ4n) is 3.69. The van der Waals surface area contributed by atoms with Crippen molar-refractivity contribution in [2.75, 3.05) is 24.2 Å². The molecule has 0 aliphatic heterocycles. The first-order chi connectivity index (χ1) is 15.7. The van der Waals surface area contributed by atoms with Gasteiger partial charge < -0.3 is 16.0 Å². The van der Waals surface area contributed by atoms with Crippen LogP contribution in [-0.2, 0) is 14.8 Å². The van der Waals surface area contributed by atoms with Crippen molar-refractivity contribution in [3.05, 3.63) is 54.1 Å². The van der Waals surface area contributed by atoms with Gasteiger partial charge in [-0.1, -0.05) is 25.0 Å². The standard InChI is InChI=1S/C24H32N4O4S/c1-17(2)28(3)33(31,32)20-14-12-18(13-15-20)25-16-23(29)27-22-11-7-6-10-21(22)24(30)26-19-8-4-5-9-19/h6-7,10-15,17,19,25H,4-5,8-9,16H2,1-3H3,(H,26,30)(H,27,29). The lowest BCUT2D eigenvalue weighted by atomic mass is 10.1. The summed E-state index contributed by atoms with van der Waals surface area (Å²) < 4.78 is 26.4. The molecule has 0 heterocycles. The van der Waals surface area contributed by atoms with Gasteiger partial charge in [-0.25, -0.2) is 8.42 Å². The summed E-state index contributed by atoms with van der Waals surface area (Å²) >= 11 is 0. The van der Waals surface area contributed by atoms with Gasteiger partial charge in [-0.3, -0.25) is 9.59 Å². The molecular formula is C24H32N4O4S. The molecule has 1 saturated carbocycles. The van der Waals surface area contributed by atoms with Crippen molar-refractivity contribution in [2.45, 2.75) is 56.5 Å². The zero-order valence-electron chi connectivity index (χ0n) is 19.3. The van der Waals surface area contributed by atoms with Gasteiger partial charge in [0, 0.05) is 24.8 Å². The summed E-state index contributed by atoms with van der Waals surface area (Å²) in [4.78, 5) is 25.3. The van der Waals surface area contributed by atoms with E-state index >= 15 is 0 Å². The third kappa shape index (κ3) is 6.33. The first-order valence-electron chi connectivity index (χ1n) is 11.2. The van der Waals surface area contributed by atoms with Gasteiger partial charge in [-0.15, -0.1) is 0 Å². The predicted molar refractivity (Wildman–Crippen MR) is 130 cm³/mol. The van der Waals surface area contributed by atoms with Crippen LogP contribution >= 0.6 is 0 Å². The first-order valence-corrected chi connectivity index (χ1v) is 12.6. The molecule has 2 amide bonds. The number of hydrogen-bond acceptors (Lipinski definition) is 5. The Hall–Kier alpha value is -2.91. The van der Waals surface area contributed by atoms with Crippen LogP contribution in [0.5, 0.6) is 0 Å². The largest absolute Gasteiger partial charge is 0.376 e. The number of amides is 2. The summed E-state index contributed by atoms with van der Waals surface area (Å²) in [5, 5.41) is 8.81. The molecule has 2 aromatic carbocycles. The van der Waals surface area contributed by atoms with E-state index in [0.29, 0.717) is 16.9 Å². The Balaban J connectivity index is 1.58. The third-order valence-electron chi connectivity index (χ3n) is 5.85. The maximum Gasteiger partial charge on any atom is 0.253 e. The van der Waals surface area contributed by atoms with Gasteiger partial charge in [0.2, 0.25) is 15.9 Å². The fraction of sp³-hybridized carbons (Fsp3) is 0.417. The van der Waals surface area contributed by atoms with Crippen molar-refractivity contribution < 1.29 is 18.0 Å². The monoisotopic (exact) mass is 472 g/mol. The van der Waals surface area contributed by atoms with Gasteiger partial charge in [0.1, 0.15) is 0 Å². The molecule has 0 saturated heterocycles. The molecule has 0 spiro atoms. The number of nitrogens with one attached hydrogen (secondary N) is 3. The molecule has 2 aromatic rings. The van der Waals surface area contributed by atoms with Crippen molar-refractivity contribution in [3.8, 4) is 0 Å². The lowest BCUT2D eigenvalue weighted by Crippen LogP contribution is -2.33. The lowest BCUT2D eigenvalue weighted by Gasteiger charge is -2.21. The second-order valence-corrected chi connectivity index (χ2v) is 10.5. The Morgan fingerprint density at radius 1 is 1.03 bits per heavy atom. The van der Waals surface area contributed by atoms with Gasteiger partial charge in [0.05, 0.1) is 22.7 Å². The molecule has 3 N–H and O–H groups in total. The molecule has 3 rings (SSSR count). The normalized spacial score (nSPS) is 14.5. The van der Waals surface area contributed by atoms with Gasteiger partial charge in [0.25, 0.3) is 5.91 Å². The minimum absolute atomic E-state index is 0.0312. The highest BCUT2D eigenvalue weighted by molar-refractivity contribution is 7.89. The average Bonchev–Trinajstić information content (AvgIpc) is 3.30. The summed E-state index contributed by atoms with van der Waals surface area (Å²) in [7, 11) is -2.02. The average molecular weight is 473 g/mol. The SMILES string of the molecule is CC(C)N(C)S(=O)(=O)c1ccc(NCC(=O)Nc2ccccc2C(=O)NC2CCCC2)cc1. The number of carbonyl (C=O) groups excluding carboxylic acids is 2. The summed E-state index contributed by atoms with van der Waals surface area (Å²) in [6.07, 6.45) is 4.21. The maximum absolute atomic E-state index is 12.7. The Labute approximate surface area is 195 Å². The number of rotatable bonds is 9. The second-order valence-electron chi connectivity index (χ2n) is 8.54. The molecule has 1 fully saturated rings. The molecule has 0 aromatic heterocycles. The highest BCUT2D eigenvalue weighted by atomic mass is 32.2. The summed E-state index contributed by atoms with van der Waals surface area (Å²) in [5.41, 5.74) is 1.50. The summed E-state index contributed by atoms with van der Waals surface area (Å²) in [6.45, 7) is 3.59.